The molecule has 0 aliphatic rings. The smallest absolute Gasteiger partial charge is 0.462 e. The quantitative estimate of drug-likeness (QED) is 0.0222. The van der Waals surface area contributed by atoms with Gasteiger partial charge in [0.2, 0.25) is 0 Å². The fourth-order valence-electron chi connectivity index (χ4n) is 10.9. The lowest BCUT2D eigenvalue weighted by Crippen LogP contribution is -2.30. The molecule has 91 heavy (non-hydrogen) atoms. The van der Waals surface area contributed by atoms with Crippen molar-refractivity contribution in [3.05, 3.63) is 0 Å². The predicted octanol–water partition coefficient (Wildman–Crippen LogP) is 20.6. The fourth-order valence-corrected chi connectivity index (χ4v) is 12.5. The van der Waals surface area contributed by atoms with Crippen LogP contribution in [0.3, 0.4) is 0 Å². The summed E-state index contributed by atoms with van der Waals surface area (Å²) in [5, 5.41) is 10.6. The number of esters is 4. The monoisotopic (exact) mass is 1340 g/mol. The Morgan fingerprint density at radius 3 is 0.747 bits per heavy atom. The molecule has 0 rings (SSSR count). The Morgan fingerprint density at radius 2 is 0.505 bits per heavy atom. The van der Waals surface area contributed by atoms with E-state index in [4.69, 9.17) is 37.0 Å². The van der Waals surface area contributed by atoms with Crippen LogP contribution in [0.25, 0.3) is 0 Å². The van der Waals surface area contributed by atoms with Gasteiger partial charge in [0.25, 0.3) is 0 Å². The minimum Gasteiger partial charge on any atom is -0.462 e. The van der Waals surface area contributed by atoms with E-state index in [1.54, 1.807) is 0 Å². The maximum Gasteiger partial charge on any atom is 0.472 e. The van der Waals surface area contributed by atoms with E-state index in [9.17, 15) is 43.2 Å². The fraction of sp³-hybridized carbons (Fsp3) is 0.944. The van der Waals surface area contributed by atoms with Crippen LogP contribution >= 0.6 is 15.6 Å². The highest BCUT2D eigenvalue weighted by atomic mass is 31.2. The van der Waals surface area contributed by atoms with E-state index in [-0.39, 0.29) is 25.7 Å². The number of ether oxygens (including phenoxy) is 4. The molecule has 17 nitrogen and oxygen atoms in total. The first-order valence-corrected chi connectivity index (χ1v) is 40.3. The summed E-state index contributed by atoms with van der Waals surface area (Å²) in [5.74, 6) is 0.140. The zero-order valence-corrected chi connectivity index (χ0v) is 61.1. The van der Waals surface area contributed by atoms with Gasteiger partial charge < -0.3 is 33.8 Å². The van der Waals surface area contributed by atoms with E-state index in [1.165, 1.54) is 173 Å². The molecule has 0 saturated carbocycles. The van der Waals surface area contributed by atoms with Crippen molar-refractivity contribution in [2.24, 2.45) is 17.8 Å². The molecule has 0 saturated heterocycles. The lowest BCUT2D eigenvalue weighted by molar-refractivity contribution is -0.161. The number of aliphatic hydroxyl groups is 1. The van der Waals surface area contributed by atoms with E-state index >= 15 is 0 Å². The van der Waals surface area contributed by atoms with Crippen LogP contribution in [0, 0.1) is 17.8 Å². The molecule has 5 atom stereocenters. The summed E-state index contributed by atoms with van der Waals surface area (Å²) >= 11 is 0. The molecule has 0 amide bonds. The van der Waals surface area contributed by atoms with Crippen molar-refractivity contribution < 1.29 is 80.2 Å². The van der Waals surface area contributed by atoms with Crippen LogP contribution in [-0.2, 0) is 65.4 Å². The van der Waals surface area contributed by atoms with Crippen molar-refractivity contribution >= 4 is 39.5 Å². The molecule has 0 aliphatic heterocycles. The third-order valence-electron chi connectivity index (χ3n) is 16.6. The molecular formula is C72H140O17P2. The second-order valence-electron chi connectivity index (χ2n) is 27.4. The lowest BCUT2D eigenvalue weighted by atomic mass is 10.0. The number of rotatable bonds is 70. The highest BCUT2D eigenvalue weighted by Crippen LogP contribution is 2.45. The van der Waals surface area contributed by atoms with Gasteiger partial charge in [0.05, 0.1) is 26.4 Å². The molecular weight excluding hydrogens is 1200 g/mol. The van der Waals surface area contributed by atoms with Gasteiger partial charge in [-0.15, -0.1) is 0 Å². The van der Waals surface area contributed by atoms with Gasteiger partial charge in [-0.2, -0.15) is 0 Å². The first-order chi connectivity index (χ1) is 43.7. The molecule has 0 heterocycles. The third kappa shape index (κ3) is 66.5. The Balaban J connectivity index is 5.27. The molecule has 0 aromatic heterocycles. The molecule has 2 unspecified atom stereocenters. The Kier molecular flexibility index (Phi) is 61.5. The van der Waals surface area contributed by atoms with Crippen molar-refractivity contribution in [1.29, 1.82) is 0 Å². The number of hydrogen-bond acceptors (Lipinski definition) is 15. The van der Waals surface area contributed by atoms with Crippen LogP contribution in [0.5, 0.6) is 0 Å². The highest BCUT2D eigenvalue weighted by Gasteiger charge is 2.30. The number of hydrogen-bond donors (Lipinski definition) is 3. The van der Waals surface area contributed by atoms with Gasteiger partial charge in [-0.25, -0.2) is 9.13 Å². The van der Waals surface area contributed by atoms with E-state index in [0.717, 1.165) is 108 Å². The number of unbranched alkanes of at least 4 members (excludes halogenated alkanes) is 38. The Morgan fingerprint density at radius 1 is 0.297 bits per heavy atom. The van der Waals surface area contributed by atoms with Crippen LogP contribution < -0.4 is 0 Å². The Labute approximate surface area is 556 Å². The van der Waals surface area contributed by atoms with Crippen LogP contribution in [0.2, 0.25) is 0 Å². The third-order valence-corrected chi connectivity index (χ3v) is 18.5. The lowest BCUT2D eigenvalue weighted by Gasteiger charge is -2.21. The Bertz CT molecular complexity index is 1780. The summed E-state index contributed by atoms with van der Waals surface area (Å²) < 4.78 is 68.4. The summed E-state index contributed by atoms with van der Waals surface area (Å²) in [6, 6.07) is 0. The largest absolute Gasteiger partial charge is 0.472 e. The topological polar surface area (TPSA) is 237 Å². The van der Waals surface area contributed by atoms with E-state index < -0.39 is 97.5 Å². The first kappa shape index (κ1) is 89.1. The zero-order chi connectivity index (χ0) is 67.3. The number of carbonyl (C=O) groups excluding carboxylic acids is 4. The maximum atomic E-state index is 13.0. The average molecular weight is 1340 g/mol. The summed E-state index contributed by atoms with van der Waals surface area (Å²) in [5.41, 5.74) is 0. The number of phosphoric acid groups is 2. The van der Waals surface area contributed by atoms with Crippen LogP contribution in [0.15, 0.2) is 0 Å². The second-order valence-corrected chi connectivity index (χ2v) is 30.3. The van der Waals surface area contributed by atoms with Crippen LogP contribution in [0.4, 0.5) is 0 Å². The van der Waals surface area contributed by atoms with Gasteiger partial charge >= 0.3 is 39.5 Å². The van der Waals surface area contributed by atoms with Gasteiger partial charge in [-0.05, 0) is 43.4 Å². The molecule has 0 aromatic carbocycles. The van der Waals surface area contributed by atoms with E-state index in [0.29, 0.717) is 25.7 Å². The van der Waals surface area contributed by atoms with Gasteiger partial charge in [0, 0.05) is 25.7 Å². The van der Waals surface area contributed by atoms with Crippen molar-refractivity contribution in [3.8, 4) is 0 Å². The van der Waals surface area contributed by atoms with Gasteiger partial charge in [0.15, 0.2) is 12.2 Å². The van der Waals surface area contributed by atoms with Crippen LogP contribution in [0.1, 0.15) is 363 Å². The zero-order valence-electron chi connectivity index (χ0n) is 59.3. The molecule has 0 spiro atoms. The van der Waals surface area contributed by atoms with Crippen molar-refractivity contribution in [2.45, 2.75) is 381 Å². The summed E-state index contributed by atoms with van der Waals surface area (Å²) in [6.07, 6.45) is 47.1. The summed E-state index contributed by atoms with van der Waals surface area (Å²) in [6.45, 7) is 11.8. The minimum absolute atomic E-state index is 0.105. The van der Waals surface area contributed by atoms with Crippen molar-refractivity contribution in [1.82, 2.24) is 0 Å². The second kappa shape index (κ2) is 62.8. The van der Waals surface area contributed by atoms with Gasteiger partial charge in [-0.1, -0.05) is 312 Å². The van der Waals surface area contributed by atoms with Crippen molar-refractivity contribution in [2.75, 3.05) is 39.6 Å². The van der Waals surface area contributed by atoms with Crippen LogP contribution in [-0.4, -0.2) is 96.7 Å². The first-order valence-electron chi connectivity index (χ1n) is 37.3. The number of carbonyl (C=O) groups is 4. The minimum atomic E-state index is -4.95. The molecule has 540 valence electrons. The van der Waals surface area contributed by atoms with E-state index in [1.807, 2.05) is 0 Å². The Hall–Kier alpha value is -1.94. The van der Waals surface area contributed by atoms with E-state index in [2.05, 4.69) is 48.5 Å². The molecule has 0 aliphatic carbocycles. The number of phosphoric ester groups is 2. The van der Waals surface area contributed by atoms with Gasteiger partial charge in [0.1, 0.15) is 19.3 Å². The van der Waals surface area contributed by atoms with Crippen molar-refractivity contribution in [3.63, 3.8) is 0 Å². The molecule has 19 heteroatoms. The summed E-state index contributed by atoms with van der Waals surface area (Å²) in [7, 11) is -9.91. The predicted molar refractivity (Wildman–Crippen MR) is 368 cm³/mol. The molecule has 3 N–H and O–H groups in total. The molecule has 0 aromatic rings. The average Bonchev–Trinajstić information content (AvgIpc) is 3.71. The normalized spacial score (nSPS) is 14.2. The summed E-state index contributed by atoms with van der Waals surface area (Å²) in [4.78, 5) is 72.7. The SMILES string of the molecule is CCCCCCCCCCCCCCC(=O)OC[C@H](COP(=O)(O)OC[C@H](O)COP(=O)(O)OC[C@@H](COC(=O)CCCCCCCCCCCCC(C)C)OC(=O)CCCCCCCCCCCCC(C)C)OC(=O)CCCCCCCCCCCCC(C)C. The molecule has 0 bridgehead atoms. The molecule has 0 fully saturated rings. The van der Waals surface area contributed by atoms with Gasteiger partial charge in [-0.3, -0.25) is 37.3 Å². The number of aliphatic hydroxyl groups excluding tert-OH is 1. The highest BCUT2D eigenvalue weighted by molar-refractivity contribution is 7.47. The molecule has 0 radical (unpaired) electrons. The standard InChI is InChI=1S/C72H140O17P2/c1-8-9-10-11-12-13-14-15-25-32-39-46-53-69(74)82-59-67(88-71(76)55-48-41-34-27-20-17-23-30-37-44-51-64(4)5)61-86-90(78,79)84-57-66(73)58-85-91(80,81)87-62-68(89-72(77)56-49-42-35-28-21-18-24-31-38-45-52-65(6)7)60-83-70(75)54-47-40-33-26-19-16-22-29-36-43-50-63(2)3/h63-68,73H,8-62H2,1-7H3,(H,78,79)(H,80,81)/t66-,67+,68+/m0/s1. The maximum absolute atomic E-state index is 13.0.